The van der Waals surface area contributed by atoms with Gasteiger partial charge in [-0.15, -0.1) is 0 Å². The summed E-state index contributed by atoms with van der Waals surface area (Å²) in [7, 11) is 0. The highest BCUT2D eigenvalue weighted by molar-refractivity contribution is 5.81. The lowest BCUT2D eigenvalue weighted by molar-refractivity contribution is -0.151. The molecule has 122 valence electrons. The van der Waals surface area contributed by atoms with E-state index in [4.69, 9.17) is 14.2 Å². The van der Waals surface area contributed by atoms with Crippen LogP contribution in [-0.2, 0) is 19.0 Å². The van der Waals surface area contributed by atoms with Crippen LogP contribution in [0, 0.1) is 5.92 Å². The van der Waals surface area contributed by atoms with Gasteiger partial charge in [0.15, 0.2) is 0 Å². The second-order valence-electron chi connectivity index (χ2n) is 6.09. The van der Waals surface area contributed by atoms with E-state index in [2.05, 4.69) is 5.32 Å². The molecule has 5 nitrogen and oxygen atoms in total. The number of rotatable bonds is 7. The first-order valence-corrected chi connectivity index (χ1v) is 8.31. The molecule has 1 N–H and O–H groups in total. The van der Waals surface area contributed by atoms with E-state index in [-0.39, 0.29) is 12.1 Å². The molecule has 0 radical (unpaired) electrons. The van der Waals surface area contributed by atoms with E-state index in [1.54, 1.807) is 0 Å². The molecule has 1 saturated heterocycles. The van der Waals surface area contributed by atoms with Gasteiger partial charge in [0.05, 0.1) is 12.7 Å². The summed E-state index contributed by atoms with van der Waals surface area (Å²) in [6.07, 6.45) is 4.79. The fourth-order valence-electron chi connectivity index (χ4n) is 3.35. The van der Waals surface area contributed by atoms with Crippen LogP contribution < -0.4 is 5.32 Å². The highest BCUT2D eigenvalue weighted by atomic mass is 16.5. The molecule has 1 aliphatic carbocycles. The van der Waals surface area contributed by atoms with Gasteiger partial charge in [0.2, 0.25) is 0 Å². The van der Waals surface area contributed by atoms with E-state index in [0.29, 0.717) is 12.5 Å². The van der Waals surface area contributed by atoms with Crippen LogP contribution in [0.25, 0.3) is 0 Å². The van der Waals surface area contributed by atoms with E-state index in [1.165, 1.54) is 0 Å². The molecule has 0 aromatic carbocycles. The standard InChI is InChI=1S/C16H29NO4/c1-3-17-16(15(18)20-4-2)8-5-14(11-16)21-12-13-6-9-19-10-7-13/h13-14,17H,3-12H2,1-2H3. The third-order valence-corrected chi connectivity index (χ3v) is 4.56. The molecular weight excluding hydrogens is 270 g/mol. The number of esters is 1. The summed E-state index contributed by atoms with van der Waals surface area (Å²) < 4.78 is 16.7. The molecule has 2 unspecified atom stereocenters. The molecule has 2 aliphatic rings. The first-order chi connectivity index (χ1) is 10.2. The Hall–Kier alpha value is -0.650. The van der Waals surface area contributed by atoms with Gasteiger partial charge in [-0.25, -0.2) is 0 Å². The summed E-state index contributed by atoms with van der Waals surface area (Å²) in [4.78, 5) is 12.3. The Balaban J connectivity index is 1.82. The Morgan fingerprint density at radius 2 is 2.05 bits per heavy atom. The Morgan fingerprint density at radius 3 is 2.71 bits per heavy atom. The molecule has 0 spiro atoms. The molecule has 21 heavy (non-hydrogen) atoms. The first kappa shape index (κ1) is 16.7. The van der Waals surface area contributed by atoms with Crippen molar-refractivity contribution in [3.8, 4) is 0 Å². The summed E-state index contributed by atoms with van der Waals surface area (Å²) in [5.74, 6) is 0.486. The van der Waals surface area contributed by atoms with Gasteiger partial charge in [-0.05, 0) is 45.1 Å². The highest BCUT2D eigenvalue weighted by Crippen LogP contribution is 2.33. The van der Waals surface area contributed by atoms with E-state index < -0.39 is 5.54 Å². The molecule has 1 aliphatic heterocycles. The van der Waals surface area contributed by atoms with Crippen molar-refractivity contribution in [2.24, 2.45) is 5.92 Å². The van der Waals surface area contributed by atoms with Crippen LogP contribution in [0.1, 0.15) is 46.0 Å². The van der Waals surface area contributed by atoms with Crippen molar-refractivity contribution in [2.45, 2.75) is 57.6 Å². The van der Waals surface area contributed by atoms with Crippen LogP contribution in [0.2, 0.25) is 0 Å². The van der Waals surface area contributed by atoms with Gasteiger partial charge >= 0.3 is 5.97 Å². The van der Waals surface area contributed by atoms with E-state index in [9.17, 15) is 4.79 Å². The number of carbonyl (C=O) groups excluding carboxylic acids is 1. The molecule has 5 heteroatoms. The smallest absolute Gasteiger partial charge is 0.326 e. The van der Waals surface area contributed by atoms with Gasteiger partial charge in [0, 0.05) is 26.2 Å². The number of hydrogen-bond acceptors (Lipinski definition) is 5. The third kappa shape index (κ3) is 4.41. The maximum atomic E-state index is 12.3. The second kappa shape index (κ2) is 8.11. The number of likely N-dealkylation sites (N-methyl/N-ethyl adjacent to an activating group) is 1. The van der Waals surface area contributed by atoms with E-state index in [0.717, 1.165) is 58.5 Å². The van der Waals surface area contributed by atoms with Crippen LogP contribution in [0.15, 0.2) is 0 Å². The number of carbonyl (C=O) groups is 1. The maximum absolute atomic E-state index is 12.3. The Morgan fingerprint density at radius 1 is 1.29 bits per heavy atom. The van der Waals surface area contributed by atoms with Gasteiger partial charge in [-0.3, -0.25) is 4.79 Å². The summed E-state index contributed by atoms with van der Waals surface area (Å²) in [6.45, 7) is 7.57. The van der Waals surface area contributed by atoms with Crippen molar-refractivity contribution >= 4 is 5.97 Å². The normalized spacial score (nSPS) is 30.5. The van der Waals surface area contributed by atoms with Crippen molar-refractivity contribution in [3.63, 3.8) is 0 Å². The van der Waals surface area contributed by atoms with Crippen LogP contribution in [0.3, 0.4) is 0 Å². The van der Waals surface area contributed by atoms with Crippen LogP contribution in [-0.4, -0.2) is 50.6 Å². The minimum absolute atomic E-state index is 0.121. The fourth-order valence-corrected chi connectivity index (χ4v) is 3.35. The molecule has 1 heterocycles. The molecule has 1 saturated carbocycles. The molecule has 0 aromatic heterocycles. The molecule has 0 aromatic rings. The van der Waals surface area contributed by atoms with Gasteiger partial charge in [-0.1, -0.05) is 6.92 Å². The van der Waals surface area contributed by atoms with Crippen molar-refractivity contribution in [1.29, 1.82) is 0 Å². The lowest BCUT2D eigenvalue weighted by Gasteiger charge is -2.28. The molecule has 2 fully saturated rings. The zero-order valence-electron chi connectivity index (χ0n) is 13.4. The SMILES string of the molecule is CCNC1(C(=O)OCC)CCC(OCC2CCOCC2)C1. The third-order valence-electron chi connectivity index (χ3n) is 4.56. The van der Waals surface area contributed by atoms with Crippen LogP contribution in [0.4, 0.5) is 0 Å². The average Bonchev–Trinajstić information content (AvgIpc) is 2.92. The van der Waals surface area contributed by atoms with Gasteiger partial charge < -0.3 is 19.5 Å². The molecule has 0 bridgehead atoms. The summed E-state index contributed by atoms with van der Waals surface area (Å²) in [5.41, 5.74) is -0.537. The quantitative estimate of drug-likeness (QED) is 0.728. The number of ether oxygens (including phenoxy) is 3. The highest BCUT2D eigenvalue weighted by Gasteiger charge is 2.46. The molecule has 2 rings (SSSR count). The predicted octanol–water partition coefficient (Wildman–Crippen LogP) is 1.89. The minimum Gasteiger partial charge on any atom is -0.465 e. The maximum Gasteiger partial charge on any atom is 0.326 e. The van der Waals surface area contributed by atoms with Crippen molar-refractivity contribution in [1.82, 2.24) is 5.32 Å². The average molecular weight is 299 g/mol. The zero-order chi connectivity index (χ0) is 15.1. The largest absolute Gasteiger partial charge is 0.465 e. The number of nitrogens with one attached hydrogen (secondary N) is 1. The fraction of sp³-hybridized carbons (Fsp3) is 0.938. The number of hydrogen-bond donors (Lipinski definition) is 1. The first-order valence-electron chi connectivity index (χ1n) is 8.31. The van der Waals surface area contributed by atoms with Crippen molar-refractivity contribution < 1.29 is 19.0 Å². The Labute approximate surface area is 127 Å². The van der Waals surface area contributed by atoms with Gasteiger partial charge in [0.25, 0.3) is 0 Å². The molecular formula is C16H29NO4. The van der Waals surface area contributed by atoms with Gasteiger partial charge in [0.1, 0.15) is 5.54 Å². The van der Waals surface area contributed by atoms with Crippen molar-refractivity contribution in [2.75, 3.05) is 33.0 Å². The topological polar surface area (TPSA) is 56.8 Å². The zero-order valence-corrected chi connectivity index (χ0v) is 13.4. The summed E-state index contributed by atoms with van der Waals surface area (Å²) in [6, 6.07) is 0. The predicted molar refractivity (Wildman–Crippen MR) is 80.2 cm³/mol. The summed E-state index contributed by atoms with van der Waals surface area (Å²) >= 11 is 0. The Bertz CT molecular complexity index is 330. The minimum atomic E-state index is -0.537. The lowest BCUT2D eigenvalue weighted by Crippen LogP contribution is -2.51. The monoisotopic (exact) mass is 299 g/mol. The lowest BCUT2D eigenvalue weighted by atomic mass is 9.97. The Kier molecular flexibility index (Phi) is 6.45. The molecule has 0 amide bonds. The van der Waals surface area contributed by atoms with Crippen LogP contribution in [0.5, 0.6) is 0 Å². The van der Waals surface area contributed by atoms with Crippen molar-refractivity contribution in [3.05, 3.63) is 0 Å². The summed E-state index contributed by atoms with van der Waals surface area (Å²) in [5, 5.41) is 3.34. The van der Waals surface area contributed by atoms with E-state index in [1.807, 2.05) is 13.8 Å². The molecule has 2 atom stereocenters. The van der Waals surface area contributed by atoms with Gasteiger partial charge in [-0.2, -0.15) is 0 Å². The van der Waals surface area contributed by atoms with E-state index >= 15 is 0 Å². The van der Waals surface area contributed by atoms with Crippen LogP contribution >= 0.6 is 0 Å². The second-order valence-corrected chi connectivity index (χ2v) is 6.09.